The Morgan fingerprint density at radius 1 is 1.07 bits per heavy atom. The average Bonchev–Trinajstić information content (AvgIpc) is 3.76. The highest BCUT2D eigenvalue weighted by atomic mass is 32.2. The second-order valence-corrected chi connectivity index (χ2v) is 14.4. The summed E-state index contributed by atoms with van der Waals surface area (Å²) >= 11 is 2.80. The number of aromatic nitrogens is 1. The molecule has 2 bridgehead atoms. The van der Waals surface area contributed by atoms with Crippen LogP contribution in [0.25, 0.3) is 0 Å². The molecule has 45 heavy (non-hydrogen) atoms. The third-order valence-corrected chi connectivity index (χ3v) is 12.5. The number of likely N-dealkylation sites (tertiary alicyclic amines) is 1. The molecule has 1 aromatic heterocycles. The van der Waals surface area contributed by atoms with Crippen molar-refractivity contribution in [2.45, 2.75) is 42.4 Å². The van der Waals surface area contributed by atoms with E-state index in [2.05, 4.69) is 4.98 Å². The largest absolute Gasteiger partial charge is 0.490 e. The Balaban J connectivity index is 1.18. The molecule has 0 spiro atoms. The zero-order valence-corrected chi connectivity index (χ0v) is 26.4. The second-order valence-electron chi connectivity index (χ2n) is 12.2. The van der Waals surface area contributed by atoms with Crippen LogP contribution in [0.15, 0.2) is 28.0 Å². The molecule has 0 radical (unpaired) electrons. The van der Waals surface area contributed by atoms with Gasteiger partial charge in [-0.15, -0.1) is 11.8 Å². The van der Waals surface area contributed by atoms with E-state index in [9.17, 15) is 24.0 Å². The number of carbonyl (C=O) groups excluding carboxylic acids is 3. The number of ether oxygens (including phenoxy) is 3. The number of carboxylic acids is 1. The van der Waals surface area contributed by atoms with E-state index in [1.807, 2.05) is 25.1 Å². The van der Waals surface area contributed by atoms with Crippen LogP contribution in [-0.2, 0) is 23.9 Å². The standard InChI is InChI=1S/C31H35N3O9S2/c1-2-42-19-12-15(5-6-18(19)43-14-20(35)33-8-10-41-11-9-33)22-23-16-13-17(26(23)44-28-27(22)45-31(40)32-28)25-24(16)29(38)34(30(25)39)7-3-4-21(36)37/h5-6,12,16-17,22-26H,2-4,7-11,13-14H2,1H3,(H,32,40)(H,36,37)/t16?,17?,22-,23?,24?,25?,26?/m1/s1. The van der Waals surface area contributed by atoms with Crippen LogP contribution in [-0.4, -0.2) is 94.9 Å². The van der Waals surface area contributed by atoms with Crippen LogP contribution in [0, 0.1) is 29.6 Å². The maximum atomic E-state index is 13.7. The number of H-pyrrole nitrogens is 1. The van der Waals surface area contributed by atoms with Crippen molar-refractivity contribution in [3.63, 3.8) is 0 Å². The summed E-state index contributed by atoms with van der Waals surface area (Å²) in [4.78, 5) is 70.4. The van der Waals surface area contributed by atoms with Crippen molar-refractivity contribution in [3.8, 4) is 11.5 Å². The molecular formula is C31H35N3O9S2. The molecule has 7 rings (SSSR count). The lowest BCUT2D eigenvalue weighted by molar-refractivity contribution is -0.142. The van der Waals surface area contributed by atoms with Gasteiger partial charge in [-0.2, -0.15) is 0 Å². The van der Waals surface area contributed by atoms with Gasteiger partial charge in [-0.3, -0.25) is 28.9 Å². The number of hydrogen-bond acceptors (Lipinski definition) is 10. The molecule has 2 N–H and O–H groups in total. The molecule has 3 amide bonds. The van der Waals surface area contributed by atoms with Crippen LogP contribution >= 0.6 is 23.1 Å². The quantitative estimate of drug-likeness (QED) is 0.364. The summed E-state index contributed by atoms with van der Waals surface area (Å²) in [6.45, 7) is 4.33. The number of aromatic amines is 1. The summed E-state index contributed by atoms with van der Waals surface area (Å²) in [7, 11) is 0. The van der Waals surface area contributed by atoms with E-state index in [1.165, 1.54) is 16.2 Å². The van der Waals surface area contributed by atoms with E-state index in [4.69, 9.17) is 19.3 Å². The van der Waals surface area contributed by atoms with E-state index in [-0.39, 0.29) is 77.5 Å². The number of nitrogens with zero attached hydrogens (tertiary/aromatic N) is 2. The SMILES string of the molecule is CCOc1cc([C@H]2c3sc(=O)[nH]c3SC3C4CC(C5C(=O)N(CCCC(=O)O)C(=O)C45)C32)ccc1OCC(=O)N1CCOCC1. The van der Waals surface area contributed by atoms with E-state index in [0.717, 1.165) is 21.9 Å². The van der Waals surface area contributed by atoms with E-state index in [1.54, 1.807) is 16.7 Å². The summed E-state index contributed by atoms with van der Waals surface area (Å²) in [5.41, 5.74) is 0.927. The molecule has 2 saturated carbocycles. The van der Waals surface area contributed by atoms with Gasteiger partial charge < -0.3 is 29.2 Å². The molecule has 4 fully saturated rings. The first kappa shape index (κ1) is 30.3. The predicted octanol–water partition coefficient (Wildman–Crippen LogP) is 2.41. The van der Waals surface area contributed by atoms with Crippen molar-refractivity contribution in [1.82, 2.24) is 14.8 Å². The van der Waals surface area contributed by atoms with Gasteiger partial charge in [0.2, 0.25) is 11.8 Å². The minimum absolute atomic E-state index is 0.0139. The number of carboxylic acid groups (broad SMARTS) is 1. The summed E-state index contributed by atoms with van der Waals surface area (Å²) < 4.78 is 17.3. The number of rotatable bonds is 10. The molecule has 6 unspecified atom stereocenters. The van der Waals surface area contributed by atoms with Gasteiger partial charge in [0.25, 0.3) is 5.91 Å². The molecular weight excluding hydrogens is 622 g/mol. The van der Waals surface area contributed by atoms with Gasteiger partial charge in [-0.05, 0) is 55.2 Å². The molecule has 14 heteroatoms. The summed E-state index contributed by atoms with van der Waals surface area (Å²) in [5.74, 6) is -1.60. The smallest absolute Gasteiger partial charge is 0.305 e. The Morgan fingerprint density at radius 3 is 2.56 bits per heavy atom. The first-order valence-electron chi connectivity index (χ1n) is 15.5. The third-order valence-electron chi connectivity index (χ3n) is 9.93. The summed E-state index contributed by atoms with van der Waals surface area (Å²) in [5, 5.41) is 9.91. The van der Waals surface area contributed by atoms with Crippen molar-refractivity contribution in [1.29, 1.82) is 0 Å². The number of benzene rings is 1. The monoisotopic (exact) mass is 657 g/mol. The van der Waals surface area contributed by atoms with Gasteiger partial charge >= 0.3 is 10.8 Å². The zero-order chi connectivity index (χ0) is 31.4. The maximum Gasteiger partial charge on any atom is 0.305 e. The molecule has 2 aromatic rings. The van der Waals surface area contributed by atoms with Gasteiger partial charge in [-0.1, -0.05) is 17.4 Å². The van der Waals surface area contributed by atoms with Gasteiger partial charge in [0.15, 0.2) is 18.1 Å². The first-order valence-corrected chi connectivity index (χ1v) is 17.2. The van der Waals surface area contributed by atoms with E-state index >= 15 is 0 Å². The summed E-state index contributed by atoms with van der Waals surface area (Å²) in [6.07, 6.45) is 0.896. The maximum absolute atomic E-state index is 13.7. The highest BCUT2D eigenvalue weighted by Gasteiger charge is 2.69. The number of imide groups is 1. The molecule has 3 aliphatic heterocycles. The Bertz CT molecular complexity index is 1580. The average molecular weight is 658 g/mol. The molecule has 2 aliphatic carbocycles. The minimum Gasteiger partial charge on any atom is -0.490 e. The van der Waals surface area contributed by atoms with Crippen molar-refractivity contribution in [2.75, 3.05) is 46.1 Å². The fourth-order valence-corrected chi connectivity index (χ4v) is 11.1. The molecule has 4 heterocycles. The van der Waals surface area contributed by atoms with Crippen molar-refractivity contribution < 1.29 is 38.5 Å². The number of fused-ring (bicyclic) bond motifs is 9. The van der Waals surface area contributed by atoms with Crippen LogP contribution in [0.2, 0.25) is 0 Å². The number of nitrogens with one attached hydrogen (secondary N) is 1. The van der Waals surface area contributed by atoms with Crippen LogP contribution in [0.1, 0.15) is 42.5 Å². The van der Waals surface area contributed by atoms with E-state index in [0.29, 0.717) is 44.4 Å². The normalized spacial score (nSPS) is 29.8. The fourth-order valence-electron chi connectivity index (χ4n) is 8.21. The summed E-state index contributed by atoms with van der Waals surface area (Å²) in [6, 6.07) is 5.68. The molecule has 5 aliphatic rings. The number of aliphatic carboxylic acids is 1. The van der Waals surface area contributed by atoms with Crippen LogP contribution in [0.4, 0.5) is 0 Å². The molecule has 7 atom stereocenters. The third kappa shape index (κ3) is 5.24. The molecule has 12 nitrogen and oxygen atoms in total. The number of amides is 3. The van der Waals surface area contributed by atoms with Crippen LogP contribution in [0.5, 0.6) is 11.5 Å². The predicted molar refractivity (Wildman–Crippen MR) is 163 cm³/mol. The fraction of sp³-hybridized carbons (Fsp3) is 0.581. The Morgan fingerprint density at radius 2 is 1.82 bits per heavy atom. The number of morpholine rings is 1. The second kappa shape index (κ2) is 12.1. The number of hydrogen-bond donors (Lipinski definition) is 2. The van der Waals surface area contributed by atoms with Gasteiger partial charge in [-0.25, -0.2) is 0 Å². The van der Waals surface area contributed by atoms with Gasteiger partial charge in [0.1, 0.15) is 0 Å². The van der Waals surface area contributed by atoms with Crippen LogP contribution in [0.3, 0.4) is 0 Å². The van der Waals surface area contributed by atoms with Gasteiger partial charge in [0, 0.05) is 42.1 Å². The molecule has 2 saturated heterocycles. The molecule has 240 valence electrons. The van der Waals surface area contributed by atoms with Crippen molar-refractivity contribution in [3.05, 3.63) is 38.3 Å². The first-order chi connectivity index (χ1) is 21.8. The van der Waals surface area contributed by atoms with Gasteiger partial charge in [0.05, 0.1) is 36.7 Å². The highest BCUT2D eigenvalue weighted by molar-refractivity contribution is 8.00. The lowest BCUT2D eigenvalue weighted by atomic mass is 9.68. The number of thiazole rings is 1. The topological polar surface area (TPSA) is 156 Å². The lowest BCUT2D eigenvalue weighted by Crippen LogP contribution is -2.43. The van der Waals surface area contributed by atoms with E-state index < -0.39 is 17.8 Å². The Hall–Kier alpha value is -3.36. The lowest BCUT2D eigenvalue weighted by Gasteiger charge is -2.43. The van der Waals surface area contributed by atoms with Crippen LogP contribution < -0.4 is 14.3 Å². The number of thioether (sulfide) groups is 1. The molecule has 1 aromatic carbocycles. The highest BCUT2D eigenvalue weighted by Crippen LogP contribution is 2.68. The number of carbonyl (C=O) groups is 4. The van der Waals surface area contributed by atoms with Crippen molar-refractivity contribution >= 4 is 46.8 Å². The Labute approximate surface area is 267 Å². The Kier molecular flexibility index (Phi) is 8.15. The minimum atomic E-state index is -0.953. The van der Waals surface area contributed by atoms with Crippen molar-refractivity contribution in [2.24, 2.45) is 29.6 Å². The zero-order valence-electron chi connectivity index (χ0n) is 24.8.